The highest BCUT2D eigenvalue weighted by Gasteiger charge is 2.27. The monoisotopic (exact) mass is 239 g/mol. The quantitative estimate of drug-likeness (QED) is 0.860. The fraction of sp³-hybridized carbons (Fsp3) is 0.769. The van der Waals surface area contributed by atoms with E-state index in [0.29, 0.717) is 5.92 Å². The summed E-state index contributed by atoms with van der Waals surface area (Å²) in [6.07, 6.45) is 4.17. The molecule has 0 bridgehead atoms. The molecule has 1 aliphatic rings. The van der Waals surface area contributed by atoms with Crippen molar-refractivity contribution in [2.24, 2.45) is 5.92 Å². The maximum Gasteiger partial charge on any atom is 0.0932 e. The second-order valence-corrected chi connectivity index (χ2v) is 6.78. The van der Waals surface area contributed by atoms with Gasteiger partial charge < -0.3 is 5.11 Å². The molecule has 1 saturated carbocycles. The van der Waals surface area contributed by atoms with Gasteiger partial charge in [0.05, 0.1) is 16.8 Å². The van der Waals surface area contributed by atoms with Crippen LogP contribution in [0.2, 0.25) is 0 Å². The molecule has 16 heavy (non-hydrogen) atoms. The lowest BCUT2D eigenvalue weighted by atomic mass is 9.93. The van der Waals surface area contributed by atoms with Gasteiger partial charge in [-0.15, -0.1) is 11.3 Å². The molecule has 2 nitrogen and oxygen atoms in total. The van der Waals surface area contributed by atoms with Crippen LogP contribution in [0.15, 0.2) is 5.38 Å². The van der Waals surface area contributed by atoms with E-state index in [4.69, 9.17) is 0 Å². The first-order chi connectivity index (χ1) is 7.47. The van der Waals surface area contributed by atoms with Crippen LogP contribution in [0.5, 0.6) is 0 Å². The summed E-state index contributed by atoms with van der Waals surface area (Å²) < 4.78 is 0. The summed E-state index contributed by atoms with van der Waals surface area (Å²) in [5, 5.41) is 13.1. The molecule has 0 saturated heterocycles. The first-order valence-corrected chi connectivity index (χ1v) is 6.98. The van der Waals surface area contributed by atoms with Gasteiger partial charge in [-0.2, -0.15) is 0 Å². The van der Waals surface area contributed by atoms with Crippen molar-refractivity contribution in [3.05, 3.63) is 16.1 Å². The molecule has 1 aromatic rings. The highest BCUT2D eigenvalue weighted by atomic mass is 32.1. The molecule has 2 unspecified atom stereocenters. The van der Waals surface area contributed by atoms with Gasteiger partial charge in [-0.25, -0.2) is 4.98 Å². The minimum atomic E-state index is -0.0954. The average Bonchev–Trinajstić information content (AvgIpc) is 2.76. The minimum absolute atomic E-state index is 0.0954. The highest BCUT2D eigenvalue weighted by Crippen LogP contribution is 2.31. The summed E-state index contributed by atoms with van der Waals surface area (Å²) in [6.45, 7) is 6.57. The molecule has 1 aliphatic carbocycles. The predicted octanol–water partition coefficient (Wildman–Crippen LogP) is 3.14. The molecule has 90 valence electrons. The highest BCUT2D eigenvalue weighted by molar-refractivity contribution is 7.09. The molecular weight excluding hydrogens is 218 g/mol. The van der Waals surface area contributed by atoms with Gasteiger partial charge in [0.2, 0.25) is 0 Å². The number of aliphatic hydroxyl groups excluding tert-OH is 1. The van der Waals surface area contributed by atoms with Crippen LogP contribution in [0.25, 0.3) is 0 Å². The van der Waals surface area contributed by atoms with E-state index in [-0.39, 0.29) is 11.5 Å². The van der Waals surface area contributed by atoms with Crippen LogP contribution >= 0.6 is 11.3 Å². The third kappa shape index (κ3) is 2.64. The van der Waals surface area contributed by atoms with Crippen molar-refractivity contribution in [2.75, 3.05) is 0 Å². The number of thiazole rings is 1. The summed E-state index contributed by atoms with van der Waals surface area (Å²) >= 11 is 1.74. The molecular formula is C13H21NOS. The van der Waals surface area contributed by atoms with E-state index in [1.54, 1.807) is 11.3 Å². The molecule has 0 spiro atoms. The van der Waals surface area contributed by atoms with Crippen molar-refractivity contribution in [3.8, 4) is 0 Å². The first-order valence-electron chi connectivity index (χ1n) is 6.10. The Morgan fingerprint density at radius 2 is 2.19 bits per heavy atom. The normalized spacial score (nSPS) is 26.2. The first kappa shape index (κ1) is 12.1. The molecule has 1 fully saturated rings. The number of aliphatic hydroxyl groups is 1. The lowest BCUT2D eigenvalue weighted by Gasteiger charge is -2.15. The number of hydrogen-bond acceptors (Lipinski definition) is 3. The zero-order valence-electron chi connectivity index (χ0n) is 10.4. The smallest absolute Gasteiger partial charge is 0.0932 e. The molecule has 1 aromatic heterocycles. The van der Waals surface area contributed by atoms with E-state index >= 15 is 0 Å². The summed E-state index contributed by atoms with van der Waals surface area (Å²) in [6, 6.07) is 0. The Balaban J connectivity index is 2.03. The number of aromatic nitrogens is 1. The van der Waals surface area contributed by atoms with Crippen LogP contribution < -0.4 is 0 Å². The summed E-state index contributed by atoms with van der Waals surface area (Å²) in [7, 11) is 0. The van der Waals surface area contributed by atoms with Crippen LogP contribution in [-0.2, 0) is 11.8 Å². The van der Waals surface area contributed by atoms with Gasteiger partial charge in [0.15, 0.2) is 0 Å². The standard InChI is InChI=1S/C13H21NOS/c1-13(2,3)11-8-16-12(14-11)7-9-5-4-6-10(9)15/h8-10,15H,4-7H2,1-3H3. The van der Waals surface area contributed by atoms with Crippen molar-refractivity contribution in [3.63, 3.8) is 0 Å². The number of rotatable bonds is 2. The van der Waals surface area contributed by atoms with E-state index in [1.807, 2.05) is 0 Å². The van der Waals surface area contributed by atoms with E-state index in [2.05, 4.69) is 31.1 Å². The third-order valence-corrected chi connectivity index (χ3v) is 4.25. The lowest BCUT2D eigenvalue weighted by molar-refractivity contribution is 0.132. The average molecular weight is 239 g/mol. The Morgan fingerprint density at radius 1 is 1.44 bits per heavy atom. The summed E-state index contributed by atoms with van der Waals surface area (Å²) in [4.78, 5) is 4.69. The maximum atomic E-state index is 9.79. The molecule has 2 rings (SSSR count). The number of nitrogens with zero attached hydrogens (tertiary/aromatic N) is 1. The van der Waals surface area contributed by atoms with Crippen LogP contribution in [0, 0.1) is 5.92 Å². The van der Waals surface area contributed by atoms with E-state index < -0.39 is 0 Å². The van der Waals surface area contributed by atoms with Gasteiger partial charge in [0, 0.05) is 17.2 Å². The van der Waals surface area contributed by atoms with E-state index in [0.717, 1.165) is 19.3 Å². The fourth-order valence-electron chi connectivity index (χ4n) is 2.23. The van der Waals surface area contributed by atoms with Gasteiger partial charge in [0.25, 0.3) is 0 Å². The largest absolute Gasteiger partial charge is 0.393 e. The van der Waals surface area contributed by atoms with Gasteiger partial charge in [-0.05, 0) is 18.8 Å². The van der Waals surface area contributed by atoms with Gasteiger partial charge in [-0.1, -0.05) is 27.2 Å². The zero-order valence-corrected chi connectivity index (χ0v) is 11.2. The topological polar surface area (TPSA) is 33.1 Å². The van der Waals surface area contributed by atoms with Crippen LogP contribution in [0.1, 0.15) is 50.7 Å². The summed E-state index contributed by atoms with van der Waals surface area (Å²) in [5.74, 6) is 0.443. The van der Waals surface area contributed by atoms with Crippen LogP contribution in [0.3, 0.4) is 0 Å². The Bertz CT molecular complexity index is 353. The Morgan fingerprint density at radius 3 is 2.69 bits per heavy atom. The van der Waals surface area contributed by atoms with Crippen molar-refractivity contribution in [1.82, 2.24) is 4.98 Å². The van der Waals surface area contributed by atoms with E-state index in [9.17, 15) is 5.11 Å². The Hall–Kier alpha value is -0.410. The van der Waals surface area contributed by atoms with Crippen molar-refractivity contribution < 1.29 is 5.11 Å². The molecule has 1 N–H and O–H groups in total. The zero-order chi connectivity index (χ0) is 11.8. The Labute approximate surface area is 102 Å². The van der Waals surface area contributed by atoms with Crippen molar-refractivity contribution >= 4 is 11.3 Å². The van der Waals surface area contributed by atoms with Crippen molar-refractivity contribution in [1.29, 1.82) is 0 Å². The minimum Gasteiger partial charge on any atom is -0.393 e. The van der Waals surface area contributed by atoms with Crippen molar-refractivity contribution in [2.45, 2.75) is 58.0 Å². The third-order valence-electron chi connectivity index (χ3n) is 3.38. The van der Waals surface area contributed by atoms with Gasteiger partial charge >= 0.3 is 0 Å². The van der Waals surface area contributed by atoms with Gasteiger partial charge in [-0.3, -0.25) is 0 Å². The van der Waals surface area contributed by atoms with E-state index in [1.165, 1.54) is 17.1 Å². The maximum absolute atomic E-state index is 9.79. The second kappa shape index (κ2) is 4.46. The van der Waals surface area contributed by atoms with Crippen LogP contribution in [0.4, 0.5) is 0 Å². The fourth-order valence-corrected chi connectivity index (χ4v) is 3.34. The predicted molar refractivity (Wildman–Crippen MR) is 67.9 cm³/mol. The second-order valence-electron chi connectivity index (χ2n) is 5.84. The molecule has 0 aromatic carbocycles. The molecule has 2 atom stereocenters. The molecule has 3 heteroatoms. The molecule has 0 aliphatic heterocycles. The van der Waals surface area contributed by atoms with Gasteiger partial charge in [0.1, 0.15) is 0 Å². The molecule has 0 radical (unpaired) electrons. The molecule has 1 heterocycles. The summed E-state index contributed by atoms with van der Waals surface area (Å²) in [5.41, 5.74) is 1.32. The lowest BCUT2D eigenvalue weighted by Crippen LogP contribution is -2.16. The SMILES string of the molecule is CC(C)(C)c1csc(CC2CCCC2O)n1. The Kier molecular flexibility index (Phi) is 3.36. The van der Waals surface area contributed by atoms with Crippen LogP contribution in [-0.4, -0.2) is 16.2 Å². The molecule has 0 amide bonds. The number of hydrogen-bond donors (Lipinski definition) is 1.